The number of fused-ring (bicyclic) bond motifs is 2. The molecule has 2 nitrogen and oxygen atoms in total. The SMILES string of the molecule is CCNC1CC2CCC(C1)N2c1ccc(Br)cc1. The maximum Gasteiger partial charge on any atom is 0.0372 e. The van der Waals surface area contributed by atoms with E-state index < -0.39 is 0 Å². The van der Waals surface area contributed by atoms with E-state index in [2.05, 4.69) is 57.3 Å². The Morgan fingerprint density at radius 1 is 1.17 bits per heavy atom. The number of piperidine rings is 1. The molecule has 98 valence electrons. The second-order valence-corrected chi connectivity index (χ2v) is 6.41. The third-order valence-electron chi connectivity index (χ3n) is 4.35. The van der Waals surface area contributed by atoms with Gasteiger partial charge < -0.3 is 10.2 Å². The Morgan fingerprint density at radius 2 is 1.78 bits per heavy atom. The van der Waals surface area contributed by atoms with Crippen LogP contribution >= 0.6 is 15.9 Å². The fraction of sp³-hybridized carbons (Fsp3) is 0.600. The van der Waals surface area contributed by atoms with Crippen LogP contribution in [0.4, 0.5) is 5.69 Å². The van der Waals surface area contributed by atoms with Gasteiger partial charge >= 0.3 is 0 Å². The van der Waals surface area contributed by atoms with Crippen LogP contribution in [0.1, 0.15) is 32.6 Å². The maximum atomic E-state index is 3.63. The second-order valence-electron chi connectivity index (χ2n) is 5.49. The van der Waals surface area contributed by atoms with Crippen LogP contribution in [-0.2, 0) is 0 Å². The molecule has 3 heteroatoms. The molecule has 1 aromatic rings. The minimum Gasteiger partial charge on any atom is -0.365 e. The van der Waals surface area contributed by atoms with Gasteiger partial charge in [0.1, 0.15) is 0 Å². The second kappa shape index (κ2) is 5.22. The van der Waals surface area contributed by atoms with Crippen molar-refractivity contribution >= 4 is 21.6 Å². The molecule has 2 fully saturated rings. The van der Waals surface area contributed by atoms with E-state index in [1.165, 1.54) is 35.8 Å². The van der Waals surface area contributed by atoms with Crippen LogP contribution < -0.4 is 10.2 Å². The predicted molar refractivity (Wildman–Crippen MR) is 80.1 cm³/mol. The lowest BCUT2D eigenvalue weighted by atomic mass is 9.96. The fourth-order valence-corrected chi connectivity index (χ4v) is 3.93. The van der Waals surface area contributed by atoms with Crippen molar-refractivity contribution in [3.8, 4) is 0 Å². The molecular formula is C15H21BrN2. The molecule has 2 aliphatic heterocycles. The molecule has 1 N–H and O–H groups in total. The first-order chi connectivity index (χ1) is 8.78. The summed E-state index contributed by atoms with van der Waals surface area (Å²) in [5, 5.41) is 3.63. The highest BCUT2D eigenvalue weighted by molar-refractivity contribution is 9.10. The van der Waals surface area contributed by atoms with Gasteiger partial charge in [-0.2, -0.15) is 0 Å². The fourth-order valence-electron chi connectivity index (χ4n) is 3.67. The van der Waals surface area contributed by atoms with Crippen LogP contribution in [0.15, 0.2) is 28.7 Å². The first kappa shape index (κ1) is 12.5. The highest BCUT2D eigenvalue weighted by Crippen LogP contribution is 2.39. The molecule has 0 aromatic heterocycles. The molecule has 18 heavy (non-hydrogen) atoms. The zero-order valence-electron chi connectivity index (χ0n) is 10.9. The number of halogens is 1. The van der Waals surface area contributed by atoms with Crippen molar-refractivity contribution in [1.82, 2.24) is 5.32 Å². The Bertz CT molecular complexity index is 389. The van der Waals surface area contributed by atoms with Crippen LogP contribution in [-0.4, -0.2) is 24.7 Å². The zero-order valence-corrected chi connectivity index (χ0v) is 12.5. The minimum absolute atomic E-state index is 0.735. The Kier molecular flexibility index (Phi) is 3.62. The number of nitrogens with zero attached hydrogens (tertiary/aromatic N) is 1. The van der Waals surface area contributed by atoms with Gasteiger partial charge in [-0.3, -0.25) is 0 Å². The molecule has 0 amide bonds. The van der Waals surface area contributed by atoms with E-state index in [9.17, 15) is 0 Å². The molecule has 2 heterocycles. The van der Waals surface area contributed by atoms with Gasteiger partial charge in [0.2, 0.25) is 0 Å². The van der Waals surface area contributed by atoms with Gasteiger partial charge in [-0.05, 0) is 56.5 Å². The lowest BCUT2D eigenvalue weighted by Crippen LogP contribution is -2.49. The van der Waals surface area contributed by atoms with Gasteiger partial charge in [-0.1, -0.05) is 22.9 Å². The Morgan fingerprint density at radius 3 is 2.33 bits per heavy atom. The number of hydrogen-bond donors (Lipinski definition) is 1. The smallest absolute Gasteiger partial charge is 0.0372 e. The molecule has 0 radical (unpaired) electrons. The molecule has 1 aromatic carbocycles. The van der Waals surface area contributed by atoms with Gasteiger partial charge in [0.25, 0.3) is 0 Å². The van der Waals surface area contributed by atoms with Gasteiger partial charge in [-0.15, -0.1) is 0 Å². The van der Waals surface area contributed by atoms with Gasteiger partial charge in [0, 0.05) is 28.3 Å². The van der Waals surface area contributed by atoms with Crippen molar-refractivity contribution in [1.29, 1.82) is 0 Å². The highest BCUT2D eigenvalue weighted by Gasteiger charge is 2.40. The van der Waals surface area contributed by atoms with E-state index in [4.69, 9.17) is 0 Å². The molecule has 2 unspecified atom stereocenters. The topological polar surface area (TPSA) is 15.3 Å². The number of hydrogen-bond acceptors (Lipinski definition) is 2. The third kappa shape index (κ3) is 2.30. The van der Waals surface area contributed by atoms with E-state index in [0.29, 0.717) is 0 Å². The van der Waals surface area contributed by atoms with Crippen molar-refractivity contribution in [3.63, 3.8) is 0 Å². The number of nitrogens with one attached hydrogen (secondary N) is 1. The first-order valence-electron chi connectivity index (χ1n) is 7.05. The molecule has 2 atom stereocenters. The van der Waals surface area contributed by atoms with Crippen LogP contribution in [0, 0.1) is 0 Å². The summed E-state index contributed by atoms with van der Waals surface area (Å²) in [6.45, 7) is 3.31. The van der Waals surface area contributed by atoms with Gasteiger partial charge in [0.05, 0.1) is 0 Å². The van der Waals surface area contributed by atoms with Crippen LogP contribution in [0.25, 0.3) is 0 Å². The average molecular weight is 309 g/mol. The summed E-state index contributed by atoms with van der Waals surface area (Å²) in [5.74, 6) is 0. The normalized spacial score (nSPS) is 30.8. The summed E-state index contributed by atoms with van der Waals surface area (Å²) in [4.78, 5) is 2.67. The van der Waals surface area contributed by atoms with E-state index in [-0.39, 0.29) is 0 Å². The van der Waals surface area contributed by atoms with E-state index >= 15 is 0 Å². The van der Waals surface area contributed by atoms with E-state index in [1.807, 2.05) is 0 Å². The highest BCUT2D eigenvalue weighted by atomic mass is 79.9. The van der Waals surface area contributed by atoms with E-state index in [1.54, 1.807) is 0 Å². The number of anilines is 1. The lowest BCUT2D eigenvalue weighted by Gasteiger charge is -2.41. The molecule has 2 saturated heterocycles. The molecule has 0 aliphatic carbocycles. The van der Waals surface area contributed by atoms with Crippen molar-refractivity contribution < 1.29 is 0 Å². The predicted octanol–water partition coefficient (Wildman–Crippen LogP) is 3.56. The molecule has 2 bridgehead atoms. The monoisotopic (exact) mass is 308 g/mol. The third-order valence-corrected chi connectivity index (χ3v) is 4.88. The summed E-state index contributed by atoms with van der Waals surface area (Å²) in [6, 6.07) is 11.0. The van der Waals surface area contributed by atoms with E-state index in [0.717, 1.165) is 24.7 Å². The first-order valence-corrected chi connectivity index (χ1v) is 7.84. The van der Waals surface area contributed by atoms with Crippen molar-refractivity contribution in [2.45, 2.75) is 50.7 Å². The Hall–Kier alpha value is -0.540. The largest absolute Gasteiger partial charge is 0.365 e. The van der Waals surface area contributed by atoms with Gasteiger partial charge in [0.15, 0.2) is 0 Å². The number of rotatable bonds is 3. The summed E-state index contributed by atoms with van der Waals surface area (Å²) in [6.07, 6.45) is 5.34. The van der Waals surface area contributed by atoms with Crippen LogP contribution in [0.3, 0.4) is 0 Å². The molecule has 2 aliphatic rings. The Balaban J connectivity index is 1.77. The maximum absolute atomic E-state index is 3.63. The van der Waals surface area contributed by atoms with Crippen molar-refractivity contribution in [2.75, 3.05) is 11.4 Å². The number of benzene rings is 1. The summed E-state index contributed by atoms with van der Waals surface area (Å²) >= 11 is 3.52. The summed E-state index contributed by atoms with van der Waals surface area (Å²) in [7, 11) is 0. The molecule has 0 saturated carbocycles. The van der Waals surface area contributed by atoms with Crippen molar-refractivity contribution in [3.05, 3.63) is 28.7 Å². The Labute approximate surface area is 118 Å². The lowest BCUT2D eigenvalue weighted by molar-refractivity contribution is 0.361. The molecule has 0 spiro atoms. The standard InChI is InChI=1S/C15H21BrN2/c1-2-17-12-9-14-7-8-15(10-12)18(14)13-5-3-11(16)4-6-13/h3-6,12,14-15,17H,2,7-10H2,1H3. The zero-order chi connectivity index (χ0) is 12.5. The summed E-state index contributed by atoms with van der Waals surface area (Å²) in [5.41, 5.74) is 1.40. The minimum atomic E-state index is 0.735. The van der Waals surface area contributed by atoms with Crippen LogP contribution in [0.2, 0.25) is 0 Å². The summed E-state index contributed by atoms with van der Waals surface area (Å²) < 4.78 is 1.17. The average Bonchev–Trinajstić information content (AvgIpc) is 2.63. The van der Waals surface area contributed by atoms with Crippen molar-refractivity contribution in [2.24, 2.45) is 0 Å². The molecular weight excluding hydrogens is 288 g/mol. The van der Waals surface area contributed by atoms with Crippen LogP contribution in [0.5, 0.6) is 0 Å². The quantitative estimate of drug-likeness (QED) is 0.918. The molecule has 3 rings (SSSR count). The van der Waals surface area contributed by atoms with Gasteiger partial charge in [-0.25, -0.2) is 0 Å².